The highest BCUT2D eigenvalue weighted by Crippen LogP contribution is 2.26. The average Bonchev–Trinajstić information content (AvgIpc) is 2.47. The van der Waals surface area contributed by atoms with Crippen LogP contribution >= 0.6 is 11.6 Å². The summed E-state index contributed by atoms with van der Waals surface area (Å²) in [5.41, 5.74) is 0.438. The molecule has 0 aromatic heterocycles. The molecule has 2 aromatic carbocycles. The van der Waals surface area contributed by atoms with E-state index in [0.29, 0.717) is 5.56 Å². The molecule has 4 nitrogen and oxygen atoms in total. The zero-order valence-corrected chi connectivity index (χ0v) is 14.0. The van der Waals surface area contributed by atoms with Crippen LogP contribution in [0.15, 0.2) is 41.3 Å². The van der Waals surface area contributed by atoms with Gasteiger partial charge >= 0.3 is 0 Å². The van der Waals surface area contributed by atoms with E-state index in [0.717, 1.165) is 22.5 Å². The lowest BCUT2D eigenvalue weighted by molar-refractivity contribution is 0.385. The molecule has 0 aliphatic rings. The second-order valence-electron chi connectivity index (χ2n) is 4.80. The standard InChI is InChI=1S/C15H14ClF2NO3S/c1-19(9-10-3-5-14(22-2)13(18)7-10)23(20,21)15-6-4-11(17)8-12(15)16/h3-8H,9H2,1-2H3. The Balaban J connectivity index is 2.28. The first-order valence-electron chi connectivity index (χ1n) is 6.49. The molecule has 0 amide bonds. The first-order chi connectivity index (χ1) is 10.8. The Morgan fingerprint density at radius 3 is 2.43 bits per heavy atom. The van der Waals surface area contributed by atoms with Gasteiger partial charge in [-0.3, -0.25) is 0 Å². The second-order valence-corrected chi connectivity index (χ2v) is 7.23. The molecule has 0 unspecified atom stereocenters. The maximum Gasteiger partial charge on any atom is 0.244 e. The first kappa shape index (κ1) is 17.7. The van der Waals surface area contributed by atoms with Crippen molar-refractivity contribution in [2.24, 2.45) is 0 Å². The van der Waals surface area contributed by atoms with Crippen molar-refractivity contribution in [3.63, 3.8) is 0 Å². The normalized spacial score (nSPS) is 11.7. The lowest BCUT2D eigenvalue weighted by Crippen LogP contribution is -2.26. The Kier molecular flexibility index (Phi) is 5.23. The second kappa shape index (κ2) is 6.82. The Morgan fingerprint density at radius 2 is 1.87 bits per heavy atom. The average molecular weight is 362 g/mol. The predicted octanol–water partition coefficient (Wildman–Crippen LogP) is 3.45. The molecular weight excluding hydrogens is 348 g/mol. The van der Waals surface area contributed by atoms with Gasteiger partial charge in [0.2, 0.25) is 10.0 Å². The van der Waals surface area contributed by atoms with Gasteiger partial charge in [0, 0.05) is 13.6 Å². The summed E-state index contributed by atoms with van der Waals surface area (Å²) in [6.45, 7) is -0.0725. The van der Waals surface area contributed by atoms with Crippen LogP contribution in [0.1, 0.15) is 5.56 Å². The minimum atomic E-state index is -3.93. The molecule has 2 aromatic rings. The lowest BCUT2D eigenvalue weighted by Gasteiger charge is -2.18. The van der Waals surface area contributed by atoms with Gasteiger partial charge in [-0.2, -0.15) is 4.31 Å². The molecule has 8 heteroatoms. The van der Waals surface area contributed by atoms with Crippen molar-refractivity contribution in [1.82, 2.24) is 4.31 Å². The molecule has 0 fully saturated rings. The highest BCUT2D eigenvalue weighted by atomic mass is 35.5. The zero-order chi connectivity index (χ0) is 17.2. The topological polar surface area (TPSA) is 46.6 Å². The van der Waals surface area contributed by atoms with Crippen LogP contribution in [-0.4, -0.2) is 26.9 Å². The molecule has 0 heterocycles. The van der Waals surface area contributed by atoms with Crippen molar-refractivity contribution in [2.45, 2.75) is 11.4 Å². The van der Waals surface area contributed by atoms with E-state index in [1.807, 2.05) is 0 Å². The van der Waals surface area contributed by atoms with Crippen LogP contribution in [-0.2, 0) is 16.6 Å². The fourth-order valence-electron chi connectivity index (χ4n) is 2.00. The van der Waals surface area contributed by atoms with E-state index in [4.69, 9.17) is 16.3 Å². The number of rotatable bonds is 5. The summed E-state index contributed by atoms with van der Waals surface area (Å²) in [6, 6.07) is 7.19. The van der Waals surface area contributed by atoms with Crippen LogP contribution in [0.2, 0.25) is 5.02 Å². The van der Waals surface area contributed by atoms with E-state index in [1.165, 1.54) is 26.3 Å². The molecule has 0 aliphatic heterocycles. The van der Waals surface area contributed by atoms with Gasteiger partial charge in [-0.05, 0) is 35.9 Å². The van der Waals surface area contributed by atoms with Crippen LogP contribution in [0.5, 0.6) is 5.75 Å². The highest BCUT2D eigenvalue weighted by Gasteiger charge is 2.24. The minimum absolute atomic E-state index is 0.0702. The van der Waals surface area contributed by atoms with Crippen molar-refractivity contribution in [3.8, 4) is 5.75 Å². The third-order valence-corrected chi connectivity index (χ3v) is 5.49. The van der Waals surface area contributed by atoms with Gasteiger partial charge in [0.1, 0.15) is 10.7 Å². The highest BCUT2D eigenvalue weighted by molar-refractivity contribution is 7.89. The van der Waals surface area contributed by atoms with Crippen LogP contribution in [0, 0.1) is 11.6 Å². The number of hydrogen-bond acceptors (Lipinski definition) is 3. The van der Waals surface area contributed by atoms with Crippen LogP contribution in [0.4, 0.5) is 8.78 Å². The lowest BCUT2D eigenvalue weighted by atomic mass is 10.2. The van der Waals surface area contributed by atoms with Crippen LogP contribution in [0.3, 0.4) is 0 Å². The number of hydrogen-bond donors (Lipinski definition) is 0. The Labute approximate surface area is 138 Å². The van der Waals surface area contributed by atoms with E-state index < -0.39 is 21.7 Å². The largest absolute Gasteiger partial charge is 0.494 e. The summed E-state index contributed by atoms with van der Waals surface area (Å²) in [5.74, 6) is -1.15. The van der Waals surface area contributed by atoms with Crippen molar-refractivity contribution in [3.05, 3.63) is 58.6 Å². The molecule has 0 saturated heterocycles. The predicted molar refractivity (Wildman–Crippen MR) is 83.0 cm³/mol. The molecule has 0 atom stereocenters. The van der Waals surface area contributed by atoms with E-state index in [9.17, 15) is 17.2 Å². The Bertz CT molecular complexity index is 827. The maximum absolute atomic E-state index is 13.7. The summed E-state index contributed by atoms with van der Waals surface area (Å²) in [7, 11) is -1.26. The molecule has 23 heavy (non-hydrogen) atoms. The number of sulfonamides is 1. The fourth-order valence-corrected chi connectivity index (χ4v) is 3.66. The zero-order valence-electron chi connectivity index (χ0n) is 12.4. The van der Waals surface area contributed by atoms with E-state index in [1.54, 1.807) is 6.07 Å². The molecular formula is C15H14ClF2NO3S. The smallest absolute Gasteiger partial charge is 0.244 e. The summed E-state index contributed by atoms with van der Waals surface area (Å²) < 4.78 is 57.5. The van der Waals surface area contributed by atoms with Crippen molar-refractivity contribution >= 4 is 21.6 Å². The fraction of sp³-hybridized carbons (Fsp3) is 0.200. The molecule has 2 rings (SSSR count). The van der Waals surface area contributed by atoms with Crippen molar-refractivity contribution in [2.75, 3.05) is 14.2 Å². The summed E-state index contributed by atoms with van der Waals surface area (Å²) in [4.78, 5) is -0.211. The Morgan fingerprint density at radius 1 is 1.17 bits per heavy atom. The molecule has 124 valence electrons. The quantitative estimate of drug-likeness (QED) is 0.819. The number of benzene rings is 2. The summed E-state index contributed by atoms with van der Waals surface area (Å²) in [6.07, 6.45) is 0. The van der Waals surface area contributed by atoms with E-state index in [-0.39, 0.29) is 22.2 Å². The van der Waals surface area contributed by atoms with Gasteiger partial charge in [0.05, 0.1) is 12.1 Å². The molecule has 0 radical (unpaired) electrons. The Hall–Kier alpha value is -1.70. The van der Waals surface area contributed by atoms with Crippen molar-refractivity contribution in [1.29, 1.82) is 0 Å². The number of ether oxygens (including phenoxy) is 1. The van der Waals surface area contributed by atoms with E-state index >= 15 is 0 Å². The van der Waals surface area contributed by atoms with Crippen molar-refractivity contribution < 1.29 is 21.9 Å². The SMILES string of the molecule is COc1ccc(CN(C)S(=O)(=O)c2ccc(F)cc2Cl)cc1F. The van der Waals surface area contributed by atoms with Crippen LogP contribution < -0.4 is 4.74 Å². The van der Waals surface area contributed by atoms with Gasteiger partial charge in [0.15, 0.2) is 11.6 Å². The number of halogens is 3. The van der Waals surface area contributed by atoms with E-state index in [2.05, 4.69) is 0 Å². The molecule has 0 spiro atoms. The monoisotopic (exact) mass is 361 g/mol. The summed E-state index contributed by atoms with van der Waals surface area (Å²) >= 11 is 5.80. The number of methoxy groups -OCH3 is 1. The molecule has 0 saturated carbocycles. The van der Waals surface area contributed by atoms with Gasteiger partial charge in [-0.15, -0.1) is 0 Å². The molecule has 0 bridgehead atoms. The maximum atomic E-state index is 13.7. The number of nitrogens with zero attached hydrogens (tertiary/aromatic N) is 1. The third-order valence-electron chi connectivity index (χ3n) is 3.20. The summed E-state index contributed by atoms with van der Waals surface area (Å²) in [5, 5.41) is -0.210. The van der Waals surface area contributed by atoms with Gasteiger partial charge in [0.25, 0.3) is 0 Å². The van der Waals surface area contributed by atoms with Gasteiger partial charge < -0.3 is 4.74 Å². The van der Waals surface area contributed by atoms with Gasteiger partial charge in [-0.1, -0.05) is 17.7 Å². The molecule has 0 aliphatic carbocycles. The first-order valence-corrected chi connectivity index (χ1v) is 8.31. The van der Waals surface area contributed by atoms with Crippen LogP contribution in [0.25, 0.3) is 0 Å². The van der Waals surface area contributed by atoms with Gasteiger partial charge in [-0.25, -0.2) is 17.2 Å². The third kappa shape index (κ3) is 3.80. The minimum Gasteiger partial charge on any atom is -0.494 e. The molecule has 0 N–H and O–H groups in total.